The Labute approximate surface area is 676 Å². The quantitative estimate of drug-likeness (QED) is 0.0199. The van der Waals surface area contributed by atoms with E-state index in [2.05, 4.69) is 153 Å². The van der Waals surface area contributed by atoms with E-state index < -0.39 is 124 Å². The third kappa shape index (κ3) is 49.0. The molecule has 0 aromatic rings. The minimum absolute atomic E-state index is 0.219. The van der Waals surface area contributed by atoms with E-state index in [-0.39, 0.29) is 18.9 Å². The van der Waals surface area contributed by atoms with Crippen molar-refractivity contribution in [2.45, 2.75) is 407 Å². The molecule has 0 bridgehead atoms. The summed E-state index contributed by atoms with van der Waals surface area (Å²) >= 11 is 0. The Morgan fingerprint density at radius 3 is 1.00 bits per heavy atom. The van der Waals surface area contributed by atoms with Crippen LogP contribution in [0.25, 0.3) is 0 Å². The molecule has 19 heteroatoms. The van der Waals surface area contributed by atoms with Gasteiger partial charge in [-0.2, -0.15) is 0 Å². The van der Waals surface area contributed by atoms with Crippen LogP contribution in [0.2, 0.25) is 0 Å². The monoisotopic (exact) mass is 1580 g/mol. The third-order valence-electron chi connectivity index (χ3n) is 20.8. The van der Waals surface area contributed by atoms with Gasteiger partial charge in [-0.15, -0.1) is 0 Å². The van der Waals surface area contributed by atoms with Crippen LogP contribution in [-0.2, 0) is 33.2 Å². The zero-order valence-electron chi connectivity index (χ0n) is 69.1. The fraction of sp³-hybridized carbons (Fsp3) is 0.731. The Morgan fingerprint density at radius 1 is 0.330 bits per heavy atom. The number of hydrogen-bond donors (Lipinski definition) is 12. The lowest BCUT2D eigenvalue weighted by molar-refractivity contribution is -0.379. The molecule has 0 spiro atoms. The molecule has 17 unspecified atom stereocenters. The standard InChI is InChI=1S/C93H157NO18/c1-3-5-7-9-11-13-15-17-19-21-23-25-27-29-31-33-34-35-36-37-38-39-40-41-42-43-45-47-49-51-53-55-57-59-61-63-65-67-69-71-81(99)94-76(77(98)70-68-66-64-62-60-58-56-54-52-50-48-46-44-32-30-28-26-24-22-20-18-16-14-12-10-8-6-4-2)75-107-91-87(105)84(102)89(79(73-96)109-91)112-93-88(106)85(103)90(80(74-97)110-93)111-92-86(104)83(101)82(100)78(72-95)108-92/h5,7,11,13,17,19,23,25,29,31,34-35,37-38,40-41,43,45,52,54,60,62,68,70,76-80,82-93,95-98,100-106H,3-4,6,8-10,12,14-16,18,20-22,24,26-28,30,32-33,36,39,42,44,46-51,53,55-59,61,63-67,69,71-75H2,1-2H3,(H,94,99)/b7-5-,13-11-,19-17-,25-23-,31-29-,35-34-,38-37-,41-40-,45-43-,54-52+,62-60+,70-68+. The van der Waals surface area contributed by atoms with Crippen molar-refractivity contribution in [3.8, 4) is 0 Å². The summed E-state index contributed by atoms with van der Waals surface area (Å²) in [5.74, 6) is -0.296. The van der Waals surface area contributed by atoms with Crippen LogP contribution in [0.5, 0.6) is 0 Å². The van der Waals surface area contributed by atoms with Gasteiger partial charge < -0.3 is 89.9 Å². The van der Waals surface area contributed by atoms with E-state index in [9.17, 15) is 61.0 Å². The van der Waals surface area contributed by atoms with Gasteiger partial charge in [-0.05, 0) is 116 Å². The smallest absolute Gasteiger partial charge is 0.220 e. The maximum absolute atomic E-state index is 13.5. The minimum atomic E-state index is -1.99. The van der Waals surface area contributed by atoms with Crippen LogP contribution >= 0.6 is 0 Å². The summed E-state index contributed by atoms with van der Waals surface area (Å²) < 4.78 is 34.5. The Bertz CT molecular complexity index is 2590. The number of aliphatic hydroxyl groups excluding tert-OH is 11. The SMILES string of the molecule is CC/C=C\C/C=C\C/C=C\C/C=C\C/C=C\C/C=C\C/C=C\C/C=C\C/C=C\CCCCCCCCCCCCCC(=O)NC(COC1OC(CO)C(OC2OC(CO)C(OC3OC(CO)C(O)C(O)C3O)C(O)C2O)C(O)C1O)C(O)/C=C/CC/C=C/CC/C=C/CCCCCCCCCCCCCCCCCCCC. The summed E-state index contributed by atoms with van der Waals surface area (Å²) in [6.07, 6.45) is 77.0. The van der Waals surface area contributed by atoms with Gasteiger partial charge in [0.05, 0.1) is 38.6 Å². The highest BCUT2D eigenvalue weighted by Gasteiger charge is 2.54. The lowest BCUT2D eigenvalue weighted by atomic mass is 9.96. The highest BCUT2D eigenvalue weighted by Crippen LogP contribution is 2.33. The zero-order chi connectivity index (χ0) is 81.0. The van der Waals surface area contributed by atoms with Gasteiger partial charge in [-0.3, -0.25) is 4.79 Å². The Kier molecular flexibility index (Phi) is 64.4. The number of carbonyl (C=O) groups is 1. The maximum atomic E-state index is 13.5. The first-order chi connectivity index (χ1) is 54.8. The molecule has 0 aromatic heterocycles. The van der Waals surface area contributed by atoms with Gasteiger partial charge in [-0.25, -0.2) is 0 Å². The molecule has 0 aromatic carbocycles. The first-order valence-corrected chi connectivity index (χ1v) is 44.1. The predicted octanol–water partition coefficient (Wildman–Crippen LogP) is 16.6. The van der Waals surface area contributed by atoms with Crippen LogP contribution in [0, 0.1) is 0 Å². The molecule has 1 amide bonds. The molecular weight excluding hydrogens is 1420 g/mol. The lowest BCUT2D eigenvalue weighted by Gasteiger charge is -2.48. The fourth-order valence-electron chi connectivity index (χ4n) is 13.9. The molecule has 3 aliphatic heterocycles. The normalized spacial score (nSPS) is 25.7. The molecule has 3 heterocycles. The fourth-order valence-corrected chi connectivity index (χ4v) is 13.9. The molecule has 3 fully saturated rings. The van der Waals surface area contributed by atoms with Crippen molar-refractivity contribution >= 4 is 5.91 Å². The zero-order valence-corrected chi connectivity index (χ0v) is 69.1. The minimum Gasteiger partial charge on any atom is -0.394 e. The van der Waals surface area contributed by atoms with Gasteiger partial charge >= 0.3 is 0 Å². The van der Waals surface area contributed by atoms with Crippen LogP contribution in [0.1, 0.15) is 303 Å². The molecule has 0 radical (unpaired) electrons. The number of aliphatic hydroxyl groups is 11. The number of allylic oxidation sites excluding steroid dienone is 23. The summed E-state index contributed by atoms with van der Waals surface area (Å²) in [5.41, 5.74) is 0. The Morgan fingerprint density at radius 2 is 0.625 bits per heavy atom. The second-order valence-corrected chi connectivity index (χ2v) is 30.6. The summed E-state index contributed by atoms with van der Waals surface area (Å²) in [6.45, 7) is 1.61. The second kappa shape index (κ2) is 70.8. The summed E-state index contributed by atoms with van der Waals surface area (Å²) in [5, 5.41) is 121. The Hall–Kier alpha value is -4.33. The Balaban J connectivity index is 1.36. The van der Waals surface area contributed by atoms with E-state index in [0.717, 1.165) is 116 Å². The van der Waals surface area contributed by atoms with Crippen LogP contribution < -0.4 is 5.32 Å². The van der Waals surface area contributed by atoms with E-state index in [1.165, 1.54) is 154 Å². The van der Waals surface area contributed by atoms with Crippen molar-refractivity contribution in [3.05, 3.63) is 146 Å². The second-order valence-electron chi connectivity index (χ2n) is 30.6. The maximum Gasteiger partial charge on any atom is 0.220 e. The number of unbranched alkanes of at least 4 members (excludes halogenated alkanes) is 31. The molecule has 3 aliphatic rings. The van der Waals surface area contributed by atoms with Crippen LogP contribution in [0.3, 0.4) is 0 Å². The summed E-state index contributed by atoms with van der Waals surface area (Å²) in [4.78, 5) is 13.5. The molecule has 17 atom stereocenters. The van der Waals surface area contributed by atoms with E-state index in [1.807, 2.05) is 6.08 Å². The van der Waals surface area contributed by atoms with Gasteiger partial charge in [0.15, 0.2) is 18.9 Å². The van der Waals surface area contributed by atoms with E-state index >= 15 is 0 Å². The van der Waals surface area contributed by atoms with E-state index in [4.69, 9.17) is 28.4 Å². The topological polar surface area (TPSA) is 307 Å². The summed E-state index contributed by atoms with van der Waals surface area (Å²) in [6, 6.07) is -1.01. The predicted molar refractivity (Wildman–Crippen MR) is 452 cm³/mol. The number of hydrogen-bond acceptors (Lipinski definition) is 18. The van der Waals surface area contributed by atoms with Gasteiger partial charge in [0, 0.05) is 6.42 Å². The highest BCUT2D eigenvalue weighted by atomic mass is 16.8. The first kappa shape index (κ1) is 102. The van der Waals surface area contributed by atoms with Crippen molar-refractivity contribution in [1.82, 2.24) is 5.32 Å². The van der Waals surface area contributed by atoms with Crippen LogP contribution in [-0.4, -0.2) is 193 Å². The first-order valence-electron chi connectivity index (χ1n) is 44.1. The van der Waals surface area contributed by atoms with E-state index in [0.29, 0.717) is 12.8 Å². The van der Waals surface area contributed by atoms with Gasteiger partial charge in [-0.1, -0.05) is 327 Å². The van der Waals surface area contributed by atoms with Crippen molar-refractivity contribution in [3.63, 3.8) is 0 Å². The van der Waals surface area contributed by atoms with E-state index in [1.54, 1.807) is 6.08 Å². The van der Waals surface area contributed by atoms with Crippen molar-refractivity contribution < 1.29 is 89.4 Å². The third-order valence-corrected chi connectivity index (χ3v) is 20.8. The van der Waals surface area contributed by atoms with Crippen molar-refractivity contribution in [2.75, 3.05) is 26.4 Å². The molecule has 19 nitrogen and oxygen atoms in total. The van der Waals surface area contributed by atoms with Gasteiger partial charge in [0.25, 0.3) is 0 Å². The molecule has 3 saturated heterocycles. The van der Waals surface area contributed by atoms with Gasteiger partial charge in [0.1, 0.15) is 73.2 Å². The molecule has 12 N–H and O–H groups in total. The largest absolute Gasteiger partial charge is 0.394 e. The molecule has 3 rings (SSSR count). The average molecular weight is 1580 g/mol. The number of nitrogens with one attached hydrogen (secondary N) is 1. The number of carbonyl (C=O) groups excluding carboxylic acids is 1. The lowest BCUT2D eigenvalue weighted by Crippen LogP contribution is -2.66. The van der Waals surface area contributed by atoms with Crippen molar-refractivity contribution in [1.29, 1.82) is 0 Å². The average Bonchev–Trinajstić information content (AvgIpc) is 0.780. The number of rotatable bonds is 69. The summed E-state index contributed by atoms with van der Waals surface area (Å²) in [7, 11) is 0. The van der Waals surface area contributed by atoms with Crippen LogP contribution in [0.4, 0.5) is 0 Å². The highest BCUT2D eigenvalue weighted by molar-refractivity contribution is 5.76. The molecule has 112 heavy (non-hydrogen) atoms. The molecule has 0 aliphatic carbocycles. The number of ether oxygens (including phenoxy) is 6. The van der Waals surface area contributed by atoms with Crippen molar-refractivity contribution in [2.24, 2.45) is 0 Å². The molecular formula is C93H157NO18. The number of amides is 1. The van der Waals surface area contributed by atoms with Gasteiger partial charge in [0.2, 0.25) is 5.91 Å². The molecule has 0 saturated carbocycles. The molecule has 642 valence electrons. The van der Waals surface area contributed by atoms with Crippen LogP contribution in [0.15, 0.2) is 146 Å².